The molecule has 0 saturated carbocycles. The molecule has 1 aliphatic carbocycles. The van der Waals surface area contributed by atoms with Crippen LogP contribution in [-0.2, 0) is 4.79 Å². The zero-order chi connectivity index (χ0) is 6.85. The largest absolute Gasteiger partial charge is 0.399 e. The van der Waals surface area contributed by atoms with Crippen molar-refractivity contribution in [3.05, 3.63) is 23.9 Å². The minimum absolute atomic E-state index is 0.352. The van der Waals surface area contributed by atoms with E-state index in [1.165, 1.54) is 18.2 Å². The van der Waals surface area contributed by atoms with Crippen molar-refractivity contribution in [3.8, 4) is 0 Å². The maximum Gasteiger partial charge on any atom is 0.190 e. The predicted octanol–water partition coefficient (Wildman–Crippen LogP) is -0.671. The first-order valence-electron chi connectivity index (χ1n) is 2.57. The summed E-state index contributed by atoms with van der Waals surface area (Å²) >= 11 is 0. The predicted molar refractivity (Wildman–Crippen MR) is 32.4 cm³/mol. The van der Waals surface area contributed by atoms with Crippen molar-refractivity contribution in [1.82, 2.24) is 0 Å². The quantitative estimate of drug-likeness (QED) is 0.451. The molecule has 0 amide bonds. The molecule has 3 nitrogen and oxygen atoms in total. The summed E-state index contributed by atoms with van der Waals surface area (Å²) < 4.78 is 0. The molecule has 1 unspecified atom stereocenters. The lowest BCUT2D eigenvalue weighted by Gasteiger charge is -2.05. The van der Waals surface area contributed by atoms with Crippen LogP contribution in [-0.4, -0.2) is 17.0 Å². The molecule has 0 spiro atoms. The van der Waals surface area contributed by atoms with E-state index in [-0.39, 0.29) is 5.78 Å². The minimum atomic E-state index is -0.989. The summed E-state index contributed by atoms with van der Waals surface area (Å²) in [5.41, 5.74) is 5.62. The molecule has 0 radical (unpaired) electrons. The van der Waals surface area contributed by atoms with E-state index < -0.39 is 6.10 Å². The van der Waals surface area contributed by atoms with Crippen LogP contribution >= 0.6 is 0 Å². The Kier molecular flexibility index (Phi) is 1.36. The number of nitrogens with two attached hydrogens (primary N) is 1. The van der Waals surface area contributed by atoms with E-state index in [2.05, 4.69) is 0 Å². The van der Waals surface area contributed by atoms with Crippen molar-refractivity contribution in [2.45, 2.75) is 6.10 Å². The Balaban J connectivity index is 2.82. The van der Waals surface area contributed by atoms with Crippen LogP contribution in [0.15, 0.2) is 23.9 Å². The fraction of sp³-hybridized carbons (Fsp3) is 0.167. The van der Waals surface area contributed by atoms with Crippen molar-refractivity contribution in [2.24, 2.45) is 5.73 Å². The molecule has 9 heavy (non-hydrogen) atoms. The summed E-state index contributed by atoms with van der Waals surface area (Å²) in [5, 5.41) is 8.76. The topological polar surface area (TPSA) is 63.3 Å². The number of aliphatic hydroxyl groups is 1. The van der Waals surface area contributed by atoms with Crippen molar-refractivity contribution in [3.63, 3.8) is 0 Å². The van der Waals surface area contributed by atoms with Gasteiger partial charge >= 0.3 is 0 Å². The van der Waals surface area contributed by atoms with E-state index in [9.17, 15) is 4.79 Å². The highest BCUT2D eigenvalue weighted by Gasteiger charge is 2.11. The molecule has 48 valence electrons. The van der Waals surface area contributed by atoms with Crippen molar-refractivity contribution in [2.75, 3.05) is 0 Å². The van der Waals surface area contributed by atoms with Gasteiger partial charge in [0, 0.05) is 11.8 Å². The van der Waals surface area contributed by atoms with Gasteiger partial charge in [0.1, 0.15) is 6.10 Å². The molecule has 0 fully saturated rings. The Morgan fingerprint density at radius 1 is 1.67 bits per heavy atom. The monoisotopic (exact) mass is 125 g/mol. The normalized spacial score (nSPS) is 26.1. The highest BCUT2D eigenvalue weighted by molar-refractivity contribution is 5.96. The van der Waals surface area contributed by atoms with Crippen molar-refractivity contribution < 1.29 is 9.90 Å². The molecule has 0 aromatic rings. The smallest absolute Gasteiger partial charge is 0.190 e. The lowest BCUT2D eigenvalue weighted by molar-refractivity contribution is -0.120. The number of hydrogen-bond acceptors (Lipinski definition) is 3. The molecule has 0 bridgehead atoms. The molecule has 0 aromatic heterocycles. The Morgan fingerprint density at radius 2 is 2.33 bits per heavy atom. The van der Waals surface area contributed by atoms with Crippen LogP contribution in [0.2, 0.25) is 0 Å². The molecule has 0 aliphatic heterocycles. The third kappa shape index (κ3) is 1.17. The summed E-state index contributed by atoms with van der Waals surface area (Å²) in [7, 11) is 0. The van der Waals surface area contributed by atoms with Crippen molar-refractivity contribution >= 4 is 5.78 Å². The highest BCUT2D eigenvalue weighted by atomic mass is 16.3. The summed E-state index contributed by atoms with van der Waals surface area (Å²) in [6, 6.07) is 0. The van der Waals surface area contributed by atoms with Crippen LogP contribution in [0.4, 0.5) is 0 Å². The average molecular weight is 125 g/mol. The van der Waals surface area contributed by atoms with Crippen LogP contribution in [0, 0.1) is 0 Å². The number of aliphatic hydroxyl groups excluding tert-OH is 1. The fourth-order valence-corrected chi connectivity index (χ4v) is 0.595. The van der Waals surface area contributed by atoms with Crippen LogP contribution in [0.5, 0.6) is 0 Å². The van der Waals surface area contributed by atoms with E-state index in [0.717, 1.165) is 0 Å². The molecular formula is C6H7NO2. The van der Waals surface area contributed by atoms with Crippen LogP contribution in [0.1, 0.15) is 0 Å². The van der Waals surface area contributed by atoms with Gasteiger partial charge in [0.15, 0.2) is 5.78 Å². The number of carbonyl (C=O) groups excluding carboxylic acids is 1. The molecule has 1 atom stereocenters. The van der Waals surface area contributed by atoms with E-state index in [0.29, 0.717) is 5.70 Å². The Hall–Kier alpha value is -1.09. The molecule has 3 heteroatoms. The highest BCUT2D eigenvalue weighted by Crippen LogP contribution is 2.01. The number of rotatable bonds is 0. The third-order valence-corrected chi connectivity index (χ3v) is 1.07. The van der Waals surface area contributed by atoms with Crippen molar-refractivity contribution in [1.29, 1.82) is 0 Å². The Labute approximate surface area is 52.5 Å². The van der Waals surface area contributed by atoms with Gasteiger partial charge in [-0.3, -0.25) is 4.79 Å². The summed E-state index contributed by atoms with van der Waals surface area (Å²) in [6.07, 6.45) is 3.09. The number of allylic oxidation sites excluding steroid dienone is 1. The zero-order valence-corrected chi connectivity index (χ0v) is 4.74. The zero-order valence-electron chi connectivity index (χ0n) is 4.74. The third-order valence-electron chi connectivity index (χ3n) is 1.07. The van der Waals surface area contributed by atoms with Gasteiger partial charge in [-0.15, -0.1) is 0 Å². The molecule has 0 heterocycles. The van der Waals surface area contributed by atoms with E-state index in [1.807, 2.05) is 0 Å². The van der Waals surface area contributed by atoms with Gasteiger partial charge in [0.2, 0.25) is 0 Å². The molecule has 0 aromatic carbocycles. The van der Waals surface area contributed by atoms with Gasteiger partial charge in [-0.2, -0.15) is 0 Å². The second-order valence-electron chi connectivity index (χ2n) is 1.85. The summed E-state index contributed by atoms with van der Waals surface area (Å²) in [4.78, 5) is 10.5. The maximum absolute atomic E-state index is 10.5. The van der Waals surface area contributed by atoms with Gasteiger partial charge in [-0.05, 0) is 12.2 Å². The van der Waals surface area contributed by atoms with Gasteiger partial charge in [-0.1, -0.05) is 0 Å². The van der Waals surface area contributed by atoms with Gasteiger partial charge in [-0.25, -0.2) is 0 Å². The van der Waals surface area contributed by atoms with Gasteiger partial charge in [0.25, 0.3) is 0 Å². The molecule has 1 rings (SSSR count). The molecule has 3 N–H and O–H groups in total. The van der Waals surface area contributed by atoms with Gasteiger partial charge < -0.3 is 10.8 Å². The summed E-state index contributed by atoms with van der Waals surface area (Å²) in [6.45, 7) is 0. The second kappa shape index (κ2) is 2.03. The Bertz CT molecular complexity index is 193. The Morgan fingerprint density at radius 3 is 2.78 bits per heavy atom. The lowest BCUT2D eigenvalue weighted by Crippen LogP contribution is -2.19. The average Bonchev–Trinajstić information content (AvgIpc) is 1.80. The second-order valence-corrected chi connectivity index (χ2v) is 1.85. The van der Waals surface area contributed by atoms with Crippen LogP contribution in [0.3, 0.4) is 0 Å². The van der Waals surface area contributed by atoms with E-state index >= 15 is 0 Å². The lowest BCUT2D eigenvalue weighted by atomic mass is 10.1. The summed E-state index contributed by atoms with van der Waals surface area (Å²) in [5.74, 6) is -0.352. The first kappa shape index (κ1) is 6.04. The fourth-order valence-electron chi connectivity index (χ4n) is 0.595. The number of carbonyl (C=O) groups is 1. The minimum Gasteiger partial charge on any atom is -0.399 e. The maximum atomic E-state index is 10.5. The van der Waals surface area contributed by atoms with Crippen LogP contribution in [0.25, 0.3) is 0 Å². The molecular weight excluding hydrogens is 118 g/mol. The molecule has 0 saturated heterocycles. The number of hydrogen-bond donors (Lipinski definition) is 2. The molecule has 1 aliphatic rings. The first-order valence-corrected chi connectivity index (χ1v) is 2.57. The van der Waals surface area contributed by atoms with E-state index in [1.54, 1.807) is 0 Å². The van der Waals surface area contributed by atoms with E-state index in [4.69, 9.17) is 10.8 Å². The first-order chi connectivity index (χ1) is 4.20. The number of ketones is 1. The van der Waals surface area contributed by atoms with Crippen LogP contribution < -0.4 is 5.73 Å². The standard InChI is InChI=1S/C6H7NO2/c7-4-1-2-5(8)6(9)3-4/h1-3,5,8H,7H2. The van der Waals surface area contributed by atoms with Gasteiger partial charge in [0.05, 0.1) is 0 Å². The SMILES string of the molecule is NC1=CC(=O)C(O)C=C1.